The van der Waals surface area contributed by atoms with Gasteiger partial charge in [0.1, 0.15) is 0 Å². The average Bonchev–Trinajstić information content (AvgIpc) is 2.70. The zero-order chi connectivity index (χ0) is 16.7. The van der Waals surface area contributed by atoms with Gasteiger partial charge in [0, 0.05) is 11.6 Å². The molecule has 0 saturated carbocycles. The van der Waals surface area contributed by atoms with E-state index in [9.17, 15) is 22.8 Å². The van der Waals surface area contributed by atoms with Gasteiger partial charge in [-0.25, -0.2) is 18.0 Å². The summed E-state index contributed by atoms with van der Waals surface area (Å²) in [5.74, 6) is -2.90. The van der Waals surface area contributed by atoms with Gasteiger partial charge < -0.3 is 10.0 Å². The highest BCUT2D eigenvalue weighted by Gasteiger charge is 2.54. The van der Waals surface area contributed by atoms with E-state index in [-0.39, 0.29) is 20.8 Å². The van der Waals surface area contributed by atoms with E-state index in [0.717, 1.165) is 12.1 Å². The van der Waals surface area contributed by atoms with Gasteiger partial charge in [0.25, 0.3) is 15.9 Å². The summed E-state index contributed by atoms with van der Waals surface area (Å²) in [6.07, 6.45) is 0. The Morgan fingerprint density at radius 3 is 2.23 bits per heavy atom. The monoisotopic (exact) mass is 346 g/mol. The molecular formula is C12H11ClN2O6S. The summed E-state index contributed by atoms with van der Waals surface area (Å²) in [6, 6.07) is 1.79. The molecule has 1 heterocycles. The van der Waals surface area contributed by atoms with Crippen LogP contribution in [-0.2, 0) is 19.6 Å². The van der Waals surface area contributed by atoms with Crippen LogP contribution in [0.4, 0.5) is 4.79 Å². The molecule has 1 aromatic rings. The molecule has 1 aliphatic heterocycles. The first kappa shape index (κ1) is 16.2. The Bertz CT molecular complexity index is 745. The van der Waals surface area contributed by atoms with Crippen molar-refractivity contribution in [1.82, 2.24) is 9.21 Å². The summed E-state index contributed by atoms with van der Waals surface area (Å²) in [6.45, 7) is 1.33. The van der Waals surface area contributed by atoms with Crippen LogP contribution < -0.4 is 0 Å². The number of carbonyl (C=O) groups excluding carboxylic acids is 2. The first-order valence-electron chi connectivity index (χ1n) is 6.10. The van der Waals surface area contributed by atoms with Gasteiger partial charge >= 0.3 is 12.0 Å². The minimum atomic E-state index is -4.49. The number of likely N-dealkylation sites (N-methyl/N-ethyl adjacent to an activating group) is 1. The number of imide groups is 1. The lowest BCUT2D eigenvalue weighted by Crippen LogP contribution is -2.41. The summed E-state index contributed by atoms with van der Waals surface area (Å²) in [4.78, 5) is 35.7. The van der Waals surface area contributed by atoms with Crippen LogP contribution in [0.1, 0.15) is 6.92 Å². The van der Waals surface area contributed by atoms with E-state index in [4.69, 9.17) is 16.7 Å². The first-order chi connectivity index (χ1) is 10.2. The molecule has 3 amide bonds. The van der Waals surface area contributed by atoms with Crippen molar-refractivity contribution in [2.45, 2.75) is 17.9 Å². The lowest BCUT2D eigenvalue weighted by Gasteiger charge is -2.16. The van der Waals surface area contributed by atoms with Crippen molar-refractivity contribution >= 4 is 39.5 Å². The lowest BCUT2D eigenvalue weighted by atomic mass is 10.3. The van der Waals surface area contributed by atoms with Crippen LogP contribution in [-0.4, -0.2) is 53.2 Å². The van der Waals surface area contributed by atoms with Gasteiger partial charge in [-0.2, -0.15) is 0 Å². The van der Waals surface area contributed by atoms with E-state index >= 15 is 0 Å². The molecular weight excluding hydrogens is 336 g/mol. The van der Waals surface area contributed by atoms with Gasteiger partial charge in [0.2, 0.25) is 6.04 Å². The predicted molar refractivity (Wildman–Crippen MR) is 74.7 cm³/mol. The highest BCUT2D eigenvalue weighted by atomic mass is 35.5. The zero-order valence-corrected chi connectivity index (χ0v) is 12.8. The van der Waals surface area contributed by atoms with Gasteiger partial charge in [-0.1, -0.05) is 11.6 Å². The quantitative estimate of drug-likeness (QED) is 0.636. The maximum atomic E-state index is 12.4. The van der Waals surface area contributed by atoms with Gasteiger partial charge in [0.05, 0.1) is 4.90 Å². The van der Waals surface area contributed by atoms with Crippen LogP contribution in [0.3, 0.4) is 0 Å². The molecule has 0 spiro atoms. The smallest absolute Gasteiger partial charge is 0.342 e. The van der Waals surface area contributed by atoms with Crippen molar-refractivity contribution in [3.8, 4) is 0 Å². The summed E-state index contributed by atoms with van der Waals surface area (Å²) >= 11 is 5.66. The molecule has 10 heteroatoms. The molecule has 0 unspecified atom stereocenters. The number of carbonyl (C=O) groups is 3. The molecule has 0 aliphatic carbocycles. The third kappa shape index (κ3) is 2.42. The normalized spacial score (nSPS) is 18.9. The number of hydrogen-bond donors (Lipinski definition) is 1. The molecule has 2 rings (SSSR count). The van der Waals surface area contributed by atoms with E-state index in [2.05, 4.69) is 0 Å². The van der Waals surface area contributed by atoms with Crippen molar-refractivity contribution in [2.24, 2.45) is 0 Å². The second-order valence-electron chi connectivity index (χ2n) is 4.37. The molecule has 1 atom stereocenters. The Labute approximate surface area is 130 Å². The Kier molecular flexibility index (Phi) is 4.12. The average molecular weight is 347 g/mol. The Morgan fingerprint density at radius 2 is 1.82 bits per heavy atom. The number of halogens is 1. The zero-order valence-electron chi connectivity index (χ0n) is 11.3. The van der Waals surface area contributed by atoms with Gasteiger partial charge in [-0.05, 0) is 31.2 Å². The van der Waals surface area contributed by atoms with E-state index in [1.165, 1.54) is 19.1 Å². The number of sulfonamides is 1. The van der Waals surface area contributed by atoms with E-state index in [1.54, 1.807) is 0 Å². The first-order valence-corrected chi connectivity index (χ1v) is 7.91. The van der Waals surface area contributed by atoms with E-state index < -0.39 is 34.0 Å². The van der Waals surface area contributed by atoms with Crippen LogP contribution >= 0.6 is 11.6 Å². The largest absolute Gasteiger partial charge is 0.479 e. The highest BCUT2D eigenvalue weighted by Crippen LogP contribution is 2.26. The Hall–Kier alpha value is -2.13. The SMILES string of the molecule is CCN1C(=O)N(S(=O)(=O)c2ccc(Cl)cc2)C(=O)[C@H]1C(=O)O. The third-order valence-electron chi connectivity index (χ3n) is 3.09. The van der Waals surface area contributed by atoms with Gasteiger partial charge in [0.15, 0.2) is 0 Å². The maximum absolute atomic E-state index is 12.4. The van der Waals surface area contributed by atoms with Crippen LogP contribution in [0.2, 0.25) is 5.02 Å². The molecule has 1 aliphatic rings. The summed E-state index contributed by atoms with van der Waals surface area (Å²) in [7, 11) is -4.49. The predicted octanol–water partition coefficient (Wildman–Crippen LogP) is 0.766. The molecule has 1 fully saturated rings. The van der Waals surface area contributed by atoms with Crippen molar-refractivity contribution < 1.29 is 27.9 Å². The Morgan fingerprint density at radius 1 is 1.27 bits per heavy atom. The summed E-state index contributed by atoms with van der Waals surface area (Å²) in [5.41, 5.74) is 0. The number of amides is 3. The maximum Gasteiger partial charge on any atom is 0.342 e. The number of aliphatic carboxylic acids is 1. The molecule has 22 heavy (non-hydrogen) atoms. The number of hydrogen-bond acceptors (Lipinski definition) is 5. The van der Waals surface area contributed by atoms with E-state index in [1.807, 2.05) is 0 Å². The number of rotatable bonds is 4. The molecule has 8 nitrogen and oxygen atoms in total. The summed E-state index contributed by atoms with van der Waals surface area (Å²) in [5, 5.41) is 9.31. The van der Waals surface area contributed by atoms with Gasteiger partial charge in [-0.15, -0.1) is 4.31 Å². The number of carboxylic acids is 1. The standard InChI is InChI=1S/C12H11ClN2O6S/c1-2-14-9(11(17)18)10(16)15(12(14)19)22(20,21)8-5-3-7(13)4-6-8/h3-6,9H,2H2,1H3,(H,17,18)/t9-/m0/s1. The second kappa shape index (κ2) is 5.58. The van der Waals surface area contributed by atoms with Gasteiger partial charge in [-0.3, -0.25) is 4.79 Å². The van der Waals surface area contributed by atoms with Crippen molar-refractivity contribution in [1.29, 1.82) is 0 Å². The van der Waals surface area contributed by atoms with Crippen LogP contribution in [0.15, 0.2) is 29.2 Å². The molecule has 0 bridgehead atoms. The number of nitrogens with zero attached hydrogens (tertiary/aromatic N) is 2. The van der Waals surface area contributed by atoms with Crippen LogP contribution in [0.25, 0.3) is 0 Å². The lowest BCUT2D eigenvalue weighted by molar-refractivity contribution is -0.145. The third-order valence-corrected chi connectivity index (χ3v) is 5.03. The molecule has 118 valence electrons. The highest BCUT2D eigenvalue weighted by molar-refractivity contribution is 7.90. The molecule has 0 aromatic heterocycles. The minimum absolute atomic E-state index is 0.0154. The van der Waals surface area contributed by atoms with Crippen molar-refractivity contribution in [2.75, 3.05) is 6.54 Å². The second-order valence-corrected chi connectivity index (χ2v) is 6.59. The Balaban J connectivity index is 2.51. The van der Waals surface area contributed by atoms with E-state index in [0.29, 0.717) is 4.90 Å². The van der Waals surface area contributed by atoms with Crippen molar-refractivity contribution in [3.05, 3.63) is 29.3 Å². The number of urea groups is 1. The number of carboxylic acid groups (broad SMARTS) is 1. The fourth-order valence-corrected chi connectivity index (χ4v) is 3.52. The molecule has 1 N–H and O–H groups in total. The number of benzene rings is 1. The fraction of sp³-hybridized carbons (Fsp3) is 0.250. The van der Waals surface area contributed by atoms with Crippen LogP contribution in [0.5, 0.6) is 0 Å². The molecule has 1 aromatic carbocycles. The fourth-order valence-electron chi connectivity index (χ4n) is 2.06. The molecule has 1 saturated heterocycles. The van der Waals surface area contributed by atoms with Crippen LogP contribution in [0, 0.1) is 0 Å². The summed E-state index contributed by atoms with van der Waals surface area (Å²) < 4.78 is 24.8. The molecule has 0 radical (unpaired) electrons. The topological polar surface area (TPSA) is 112 Å². The minimum Gasteiger partial charge on any atom is -0.479 e. The van der Waals surface area contributed by atoms with Crippen molar-refractivity contribution in [3.63, 3.8) is 0 Å².